The number of piperazine rings is 1. The quantitative estimate of drug-likeness (QED) is 0.220. The van der Waals surface area contributed by atoms with Crippen molar-refractivity contribution < 1.29 is 4.79 Å². The maximum Gasteiger partial charge on any atom is 0.267 e. The molecule has 2 N–H and O–H groups in total. The molecule has 10 nitrogen and oxygen atoms in total. The number of likely N-dealkylation sites (N-methyl/N-ethyl adjacent to an activating group) is 1. The normalized spacial score (nSPS) is 15.2. The van der Waals surface area contributed by atoms with E-state index in [1.807, 2.05) is 58.8 Å². The van der Waals surface area contributed by atoms with Crippen molar-refractivity contribution in [3.8, 4) is 0 Å². The predicted octanol–water partition coefficient (Wildman–Crippen LogP) is 4.13. The number of carbonyl (C=O) groups excluding carboxylic acids is 1. The Hall–Kier alpha value is -4.58. The van der Waals surface area contributed by atoms with Gasteiger partial charge in [0.25, 0.3) is 16.8 Å². The lowest BCUT2D eigenvalue weighted by Crippen LogP contribution is -2.53. The second-order valence-corrected chi connectivity index (χ2v) is 13.1. The third kappa shape index (κ3) is 5.77. The lowest BCUT2D eigenvalue weighted by atomic mass is 10.1. The maximum absolute atomic E-state index is 13.5. The van der Waals surface area contributed by atoms with Crippen molar-refractivity contribution in [2.75, 3.05) is 80.3 Å². The molecule has 2 aliphatic heterocycles. The lowest BCUT2D eigenvalue weighted by molar-refractivity contribution is 0.103. The molecule has 2 aromatic heterocycles. The van der Waals surface area contributed by atoms with Crippen molar-refractivity contribution >= 4 is 56.6 Å². The maximum atomic E-state index is 13.5. The molecule has 0 spiro atoms. The Morgan fingerprint density at radius 3 is 2.59 bits per heavy atom. The summed E-state index contributed by atoms with van der Waals surface area (Å²) in [5.74, 6) is -0.205. The fraction of sp³-hybridized carbons (Fsp3) is 0.314. The molecular formula is C35H37N7O3S. The number of nitrogens with zero attached hydrogens (tertiary/aromatic N) is 5. The third-order valence-electron chi connectivity index (χ3n) is 9.00. The second kappa shape index (κ2) is 12.7. The second-order valence-electron chi connectivity index (χ2n) is 12.2. The number of amides is 1. The summed E-state index contributed by atoms with van der Waals surface area (Å²) in [6, 6.07) is 17.8. The Bertz CT molecular complexity index is 1970. The molecule has 11 heteroatoms. The highest BCUT2D eigenvalue weighted by atomic mass is 32.1. The zero-order valence-electron chi connectivity index (χ0n) is 26.1. The number of hydrogen-bond donors (Lipinski definition) is 2. The van der Waals surface area contributed by atoms with Crippen LogP contribution in [-0.4, -0.2) is 80.6 Å². The van der Waals surface area contributed by atoms with Gasteiger partial charge < -0.3 is 25.3 Å². The first-order valence-electron chi connectivity index (χ1n) is 15.7. The van der Waals surface area contributed by atoms with Gasteiger partial charge in [-0.1, -0.05) is 24.3 Å². The van der Waals surface area contributed by atoms with Gasteiger partial charge in [-0.15, -0.1) is 11.3 Å². The number of fused-ring (bicyclic) bond motifs is 2. The van der Waals surface area contributed by atoms with Crippen LogP contribution in [0.3, 0.4) is 0 Å². The van der Waals surface area contributed by atoms with E-state index in [9.17, 15) is 14.4 Å². The van der Waals surface area contributed by atoms with Crippen molar-refractivity contribution in [3.05, 3.63) is 103 Å². The van der Waals surface area contributed by atoms with Gasteiger partial charge in [0.05, 0.1) is 11.2 Å². The molecule has 4 heterocycles. The number of nitrogens with one attached hydrogen (secondary N) is 2. The minimum atomic E-state index is -0.427. The van der Waals surface area contributed by atoms with E-state index < -0.39 is 10.9 Å². The molecule has 0 radical (unpaired) electrons. The molecule has 1 fully saturated rings. The van der Waals surface area contributed by atoms with Crippen LogP contribution in [-0.2, 0) is 13.0 Å². The van der Waals surface area contributed by atoms with E-state index in [2.05, 4.69) is 50.5 Å². The van der Waals surface area contributed by atoms with Crippen LogP contribution < -0.4 is 31.3 Å². The van der Waals surface area contributed by atoms with Crippen LogP contribution in [0.2, 0.25) is 0 Å². The average Bonchev–Trinajstić information content (AvgIpc) is 3.72. The lowest BCUT2D eigenvalue weighted by Gasteiger charge is -2.38. The summed E-state index contributed by atoms with van der Waals surface area (Å²) in [6.07, 6.45) is 2.57. The van der Waals surface area contributed by atoms with Crippen LogP contribution >= 0.6 is 11.3 Å². The van der Waals surface area contributed by atoms with Crippen molar-refractivity contribution in [2.45, 2.75) is 13.0 Å². The molecule has 1 amide bonds. The number of benzene rings is 2. The minimum Gasteiger partial charge on any atom is -0.380 e. The first-order valence-corrected chi connectivity index (χ1v) is 16.6. The van der Waals surface area contributed by atoms with Crippen LogP contribution in [0.25, 0.3) is 10.9 Å². The van der Waals surface area contributed by atoms with Crippen molar-refractivity contribution in [3.63, 3.8) is 0 Å². The van der Waals surface area contributed by atoms with E-state index in [1.54, 1.807) is 6.20 Å². The number of para-hydroxylation sites is 1. The minimum absolute atomic E-state index is 0.205. The summed E-state index contributed by atoms with van der Waals surface area (Å²) >= 11 is 1.38. The molecule has 0 aliphatic carbocycles. The van der Waals surface area contributed by atoms with E-state index in [-0.39, 0.29) is 5.91 Å². The van der Waals surface area contributed by atoms with E-state index >= 15 is 0 Å². The molecule has 0 unspecified atom stereocenters. The van der Waals surface area contributed by atoms with Crippen LogP contribution in [0, 0.1) is 0 Å². The van der Waals surface area contributed by atoms with E-state index in [0.717, 1.165) is 79.1 Å². The Labute approximate surface area is 271 Å². The molecule has 0 atom stereocenters. The highest BCUT2D eigenvalue weighted by molar-refractivity contribution is 7.12. The Balaban J connectivity index is 1.05. The summed E-state index contributed by atoms with van der Waals surface area (Å²) in [5, 5.41) is 9.48. The standard InChI is InChI=1S/C35H37N7O3S/c1-39(2)14-15-40-16-18-41(19-17-40)30-31(33(44)32(30)43)42-13-10-23-7-8-25(21-29(23)42)38-35(45)34-28(11-20-46-34)37-22-24-9-12-36-27-6-4-3-5-26(24)27/h3-9,11-12,20-21,37H,10,13-19,22H2,1-2H3,(H,38,45). The van der Waals surface area contributed by atoms with E-state index in [4.69, 9.17) is 0 Å². The van der Waals surface area contributed by atoms with E-state index in [0.29, 0.717) is 35.0 Å². The van der Waals surface area contributed by atoms with Gasteiger partial charge in [-0.2, -0.15) is 0 Å². The molecular weight excluding hydrogens is 598 g/mol. The Kier molecular flexibility index (Phi) is 8.29. The molecule has 5 aromatic rings. The first-order chi connectivity index (χ1) is 22.4. The summed E-state index contributed by atoms with van der Waals surface area (Å²) < 4.78 is 0. The molecule has 46 heavy (non-hydrogen) atoms. The van der Waals surface area contributed by atoms with Gasteiger partial charge in [-0.25, -0.2) is 0 Å². The molecule has 3 aromatic carbocycles. The number of pyridine rings is 1. The number of anilines is 5. The van der Waals surface area contributed by atoms with Gasteiger partial charge in [0.2, 0.25) is 0 Å². The Morgan fingerprint density at radius 2 is 1.76 bits per heavy atom. The molecule has 1 saturated heterocycles. The fourth-order valence-electron chi connectivity index (χ4n) is 6.45. The van der Waals surface area contributed by atoms with Crippen LogP contribution in [0.4, 0.5) is 28.4 Å². The van der Waals surface area contributed by atoms with Crippen LogP contribution in [0.15, 0.2) is 75.8 Å². The van der Waals surface area contributed by atoms with Gasteiger partial charge in [-0.05, 0) is 67.4 Å². The molecule has 236 valence electrons. The number of carbonyl (C=O) groups is 1. The monoisotopic (exact) mass is 635 g/mol. The number of hydrogen-bond acceptors (Lipinski definition) is 10. The largest absolute Gasteiger partial charge is 0.380 e. The van der Waals surface area contributed by atoms with Crippen LogP contribution in [0.1, 0.15) is 20.8 Å². The summed E-state index contributed by atoms with van der Waals surface area (Å²) in [7, 11) is 4.14. The highest BCUT2D eigenvalue weighted by Crippen LogP contribution is 2.39. The smallest absolute Gasteiger partial charge is 0.267 e. The van der Waals surface area contributed by atoms with Crippen molar-refractivity contribution in [1.29, 1.82) is 0 Å². The van der Waals surface area contributed by atoms with Crippen molar-refractivity contribution in [2.24, 2.45) is 0 Å². The van der Waals surface area contributed by atoms with Crippen LogP contribution in [0.5, 0.6) is 0 Å². The van der Waals surface area contributed by atoms with Gasteiger partial charge in [0.15, 0.2) is 0 Å². The summed E-state index contributed by atoms with van der Waals surface area (Å²) in [4.78, 5) is 53.0. The van der Waals surface area contributed by atoms with Crippen molar-refractivity contribution in [1.82, 2.24) is 14.8 Å². The Morgan fingerprint density at radius 1 is 0.957 bits per heavy atom. The zero-order chi connectivity index (χ0) is 31.8. The molecule has 0 bridgehead atoms. The number of aromatic nitrogens is 1. The average molecular weight is 636 g/mol. The number of thiophene rings is 1. The summed E-state index contributed by atoms with van der Waals surface area (Å²) in [5.41, 5.74) is 5.61. The zero-order valence-corrected chi connectivity index (χ0v) is 26.9. The van der Waals surface area contributed by atoms with E-state index in [1.165, 1.54) is 11.3 Å². The molecule has 2 aliphatic rings. The predicted molar refractivity (Wildman–Crippen MR) is 187 cm³/mol. The number of rotatable bonds is 10. The summed E-state index contributed by atoms with van der Waals surface area (Å²) in [6.45, 7) is 6.31. The molecule has 0 saturated carbocycles. The third-order valence-corrected chi connectivity index (χ3v) is 9.91. The first kappa shape index (κ1) is 30.1. The fourth-order valence-corrected chi connectivity index (χ4v) is 7.21. The highest BCUT2D eigenvalue weighted by Gasteiger charge is 2.35. The molecule has 7 rings (SSSR count). The SMILES string of the molecule is CN(C)CCN1CCN(c2c(N3CCc4ccc(NC(=O)c5sccc5NCc5ccnc6ccccc56)cc43)c(=O)c2=O)CC1. The van der Waals surface area contributed by atoms with Gasteiger partial charge in [-0.3, -0.25) is 24.3 Å². The van der Waals surface area contributed by atoms with Gasteiger partial charge in [0, 0.05) is 75.3 Å². The van der Waals surface area contributed by atoms with Gasteiger partial charge in [0.1, 0.15) is 16.3 Å². The topological polar surface area (TPSA) is 101 Å². The van der Waals surface area contributed by atoms with Gasteiger partial charge >= 0.3 is 0 Å².